The molecule has 0 radical (unpaired) electrons. The van der Waals surface area contributed by atoms with Crippen LogP contribution in [0.2, 0.25) is 0 Å². The molecular formula is C15H17N. The lowest BCUT2D eigenvalue weighted by atomic mass is 10.0. The van der Waals surface area contributed by atoms with E-state index < -0.39 is 0 Å². The molecular weight excluding hydrogens is 194 g/mol. The Hall–Kier alpha value is -1.76. The van der Waals surface area contributed by atoms with Crippen molar-refractivity contribution < 1.29 is 0 Å². The molecule has 0 fully saturated rings. The van der Waals surface area contributed by atoms with Gasteiger partial charge in [0.1, 0.15) is 0 Å². The van der Waals surface area contributed by atoms with Crippen molar-refractivity contribution in [3.05, 3.63) is 60.2 Å². The minimum atomic E-state index is 0.567. The summed E-state index contributed by atoms with van der Waals surface area (Å²) in [6.07, 6.45) is 0. The summed E-state index contributed by atoms with van der Waals surface area (Å²) in [5.74, 6) is 0.567. The van der Waals surface area contributed by atoms with E-state index in [1.54, 1.807) is 0 Å². The first-order chi connectivity index (χ1) is 7.75. The van der Waals surface area contributed by atoms with E-state index in [2.05, 4.69) is 55.6 Å². The first kappa shape index (κ1) is 10.7. The van der Waals surface area contributed by atoms with Crippen molar-refractivity contribution in [2.45, 2.75) is 19.8 Å². The molecule has 0 saturated carbocycles. The number of hydrogen-bond donors (Lipinski definition) is 1. The summed E-state index contributed by atoms with van der Waals surface area (Å²) in [5.41, 5.74) is 3.64. The summed E-state index contributed by atoms with van der Waals surface area (Å²) in [6, 6.07) is 18.8. The molecule has 0 aliphatic heterocycles. The van der Waals surface area contributed by atoms with Gasteiger partial charge in [-0.1, -0.05) is 44.2 Å². The Bertz CT molecular complexity index is 446. The maximum Gasteiger partial charge on any atom is 0.0387 e. The summed E-state index contributed by atoms with van der Waals surface area (Å²) in [7, 11) is 0. The molecule has 16 heavy (non-hydrogen) atoms. The van der Waals surface area contributed by atoms with Crippen LogP contribution in [0.15, 0.2) is 54.6 Å². The molecule has 0 bridgehead atoms. The molecule has 2 rings (SSSR count). The number of rotatable bonds is 3. The molecule has 0 aliphatic rings. The maximum atomic E-state index is 3.40. The van der Waals surface area contributed by atoms with Crippen molar-refractivity contribution in [1.29, 1.82) is 0 Å². The highest BCUT2D eigenvalue weighted by atomic mass is 14.9. The molecule has 0 amide bonds. The van der Waals surface area contributed by atoms with E-state index in [1.807, 2.05) is 18.2 Å². The molecule has 0 spiro atoms. The van der Waals surface area contributed by atoms with Gasteiger partial charge in [0.05, 0.1) is 0 Å². The van der Waals surface area contributed by atoms with Crippen LogP contribution >= 0.6 is 0 Å². The average molecular weight is 211 g/mol. The minimum Gasteiger partial charge on any atom is -0.356 e. The summed E-state index contributed by atoms with van der Waals surface area (Å²) in [4.78, 5) is 0. The highest BCUT2D eigenvalue weighted by Crippen LogP contribution is 2.21. The third-order valence-corrected chi connectivity index (χ3v) is 2.62. The molecule has 1 nitrogen and oxygen atoms in total. The minimum absolute atomic E-state index is 0.567. The van der Waals surface area contributed by atoms with Crippen LogP contribution in [0, 0.1) is 0 Å². The predicted molar refractivity (Wildman–Crippen MR) is 70.3 cm³/mol. The van der Waals surface area contributed by atoms with E-state index >= 15 is 0 Å². The fraction of sp³-hybridized carbons (Fsp3) is 0.200. The Kier molecular flexibility index (Phi) is 3.25. The SMILES string of the molecule is CC(C)c1cccc(Nc2ccccc2)c1. The van der Waals surface area contributed by atoms with Crippen molar-refractivity contribution in [1.82, 2.24) is 0 Å². The van der Waals surface area contributed by atoms with Gasteiger partial charge in [-0.3, -0.25) is 0 Å². The van der Waals surface area contributed by atoms with Crippen LogP contribution in [0.5, 0.6) is 0 Å². The first-order valence-corrected chi connectivity index (χ1v) is 5.68. The van der Waals surface area contributed by atoms with Crippen LogP contribution in [0.25, 0.3) is 0 Å². The summed E-state index contributed by atoms with van der Waals surface area (Å²) >= 11 is 0. The third-order valence-electron chi connectivity index (χ3n) is 2.62. The lowest BCUT2D eigenvalue weighted by molar-refractivity contribution is 0.867. The number of hydrogen-bond acceptors (Lipinski definition) is 1. The van der Waals surface area contributed by atoms with E-state index in [-0.39, 0.29) is 0 Å². The van der Waals surface area contributed by atoms with Crippen molar-refractivity contribution in [2.24, 2.45) is 0 Å². The molecule has 0 atom stereocenters. The quantitative estimate of drug-likeness (QED) is 0.785. The van der Waals surface area contributed by atoms with E-state index in [0.717, 1.165) is 11.4 Å². The summed E-state index contributed by atoms with van der Waals surface area (Å²) in [5, 5.41) is 3.40. The van der Waals surface area contributed by atoms with Gasteiger partial charge in [-0.05, 0) is 35.7 Å². The van der Waals surface area contributed by atoms with Gasteiger partial charge in [0.2, 0.25) is 0 Å². The second kappa shape index (κ2) is 4.84. The molecule has 2 aromatic carbocycles. The fourth-order valence-electron chi connectivity index (χ4n) is 1.66. The number of para-hydroxylation sites is 1. The van der Waals surface area contributed by atoms with E-state index in [4.69, 9.17) is 0 Å². The highest BCUT2D eigenvalue weighted by molar-refractivity contribution is 5.60. The topological polar surface area (TPSA) is 12.0 Å². The van der Waals surface area contributed by atoms with Crippen molar-refractivity contribution in [3.63, 3.8) is 0 Å². The van der Waals surface area contributed by atoms with Gasteiger partial charge >= 0.3 is 0 Å². The fourth-order valence-corrected chi connectivity index (χ4v) is 1.66. The van der Waals surface area contributed by atoms with Gasteiger partial charge in [-0.2, -0.15) is 0 Å². The molecule has 1 heteroatoms. The highest BCUT2D eigenvalue weighted by Gasteiger charge is 2.00. The van der Waals surface area contributed by atoms with E-state index in [0.29, 0.717) is 5.92 Å². The van der Waals surface area contributed by atoms with Gasteiger partial charge < -0.3 is 5.32 Å². The van der Waals surface area contributed by atoms with E-state index in [1.165, 1.54) is 5.56 Å². The molecule has 82 valence electrons. The van der Waals surface area contributed by atoms with Gasteiger partial charge in [0.25, 0.3) is 0 Å². The summed E-state index contributed by atoms with van der Waals surface area (Å²) < 4.78 is 0. The zero-order valence-electron chi connectivity index (χ0n) is 9.77. The molecule has 0 aliphatic carbocycles. The van der Waals surface area contributed by atoms with Gasteiger partial charge in [0, 0.05) is 11.4 Å². The van der Waals surface area contributed by atoms with Crippen LogP contribution in [0.4, 0.5) is 11.4 Å². The lowest BCUT2D eigenvalue weighted by Gasteiger charge is -2.10. The second-order valence-electron chi connectivity index (χ2n) is 4.27. The Labute approximate surface area is 97.1 Å². The van der Waals surface area contributed by atoms with Gasteiger partial charge in [0.15, 0.2) is 0 Å². The Morgan fingerprint density at radius 3 is 2.19 bits per heavy atom. The molecule has 0 heterocycles. The molecule has 0 saturated heterocycles. The lowest BCUT2D eigenvalue weighted by Crippen LogP contribution is -1.92. The van der Waals surface area contributed by atoms with Gasteiger partial charge in [-0.25, -0.2) is 0 Å². The van der Waals surface area contributed by atoms with Gasteiger partial charge in [-0.15, -0.1) is 0 Å². The second-order valence-corrected chi connectivity index (χ2v) is 4.27. The number of benzene rings is 2. The van der Waals surface area contributed by atoms with Crippen LogP contribution in [0.1, 0.15) is 25.3 Å². The average Bonchev–Trinajstić information content (AvgIpc) is 2.30. The standard InChI is InChI=1S/C15H17N/c1-12(2)13-7-6-10-15(11-13)16-14-8-4-3-5-9-14/h3-12,16H,1-2H3. The molecule has 0 aromatic heterocycles. The Morgan fingerprint density at radius 2 is 1.50 bits per heavy atom. The summed E-state index contributed by atoms with van der Waals surface area (Å²) in [6.45, 7) is 4.42. The molecule has 2 aromatic rings. The van der Waals surface area contributed by atoms with Crippen molar-refractivity contribution in [3.8, 4) is 0 Å². The zero-order valence-corrected chi connectivity index (χ0v) is 9.77. The van der Waals surface area contributed by atoms with Crippen LogP contribution in [0.3, 0.4) is 0 Å². The van der Waals surface area contributed by atoms with Crippen LogP contribution < -0.4 is 5.32 Å². The number of anilines is 2. The smallest absolute Gasteiger partial charge is 0.0387 e. The number of nitrogens with one attached hydrogen (secondary N) is 1. The van der Waals surface area contributed by atoms with Crippen LogP contribution in [-0.4, -0.2) is 0 Å². The zero-order chi connectivity index (χ0) is 11.4. The third kappa shape index (κ3) is 2.63. The molecule has 0 unspecified atom stereocenters. The van der Waals surface area contributed by atoms with Crippen molar-refractivity contribution in [2.75, 3.05) is 5.32 Å². The van der Waals surface area contributed by atoms with E-state index in [9.17, 15) is 0 Å². The van der Waals surface area contributed by atoms with Crippen molar-refractivity contribution >= 4 is 11.4 Å². The molecule has 1 N–H and O–H groups in total. The van der Waals surface area contributed by atoms with Crippen LogP contribution in [-0.2, 0) is 0 Å². The maximum absolute atomic E-state index is 3.40. The predicted octanol–water partition coefficient (Wildman–Crippen LogP) is 4.55. The Morgan fingerprint density at radius 1 is 0.812 bits per heavy atom. The Balaban J connectivity index is 2.19. The first-order valence-electron chi connectivity index (χ1n) is 5.68. The normalized spacial score (nSPS) is 10.4. The monoisotopic (exact) mass is 211 g/mol. The largest absolute Gasteiger partial charge is 0.356 e.